The molecule has 1 heterocycles. The number of halogens is 6. The lowest BCUT2D eigenvalue weighted by atomic mass is 9.69. The number of hydrogen-bond acceptors (Lipinski definition) is 5. The van der Waals surface area contributed by atoms with Crippen LogP contribution in [0.15, 0.2) is 47.4 Å². The van der Waals surface area contributed by atoms with Crippen molar-refractivity contribution in [3.05, 3.63) is 59.2 Å². The van der Waals surface area contributed by atoms with E-state index in [1.54, 1.807) is 11.8 Å². The first-order valence-electron chi connectivity index (χ1n) is 14.8. The minimum Gasteiger partial charge on any atom is -0.410 e. The van der Waals surface area contributed by atoms with E-state index in [1.165, 1.54) is 0 Å². The molecule has 1 amide bonds. The van der Waals surface area contributed by atoms with Crippen LogP contribution in [-0.4, -0.2) is 43.0 Å². The van der Waals surface area contributed by atoms with Crippen LogP contribution in [0, 0.1) is 5.41 Å². The molecule has 250 valence electrons. The van der Waals surface area contributed by atoms with Crippen LogP contribution >= 0.6 is 11.8 Å². The molecule has 2 aliphatic rings. The van der Waals surface area contributed by atoms with Crippen molar-refractivity contribution in [2.24, 2.45) is 5.41 Å². The van der Waals surface area contributed by atoms with Crippen molar-refractivity contribution < 1.29 is 40.7 Å². The van der Waals surface area contributed by atoms with Gasteiger partial charge in [-0.2, -0.15) is 26.3 Å². The third kappa shape index (κ3) is 6.44. The molecule has 1 aliphatic carbocycles. The van der Waals surface area contributed by atoms with Gasteiger partial charge < -0.3 is 14.8 Å². The van der Waals surface area contributed by atoms with Gasteiger partial charge in [-0.1, -0.05) is 59.7 Å². The molecule has 1 fully saturated rings. The topological polar surface area (TPSA) is 70.6 Å². The van der Waals surface area contributed by atoms with E-state index in [1.807, 2.05) is 32.9 Å². The SMILES string of the molecule is CC(C)(C)C1(C(=O)Nc2ccc(C(O)(C(F)(F)F)C(F)(F)F)cc2)NCc2cc(SCC3(O[Si](C)(C)C(C)(C)C)CC3)ccc21. The number of amides is 1. The van der Waals surface area contributed by atoms with Gasteiger partial charge in [-0.3, -0.25) is 10.1 Å². The third-order valence-electron chi connectivity index (χ3n) is 9.46. The van der Waals surface area contributed by atoms with Crippen LogP contribution in [0.3, 0.4) is 0 Å². The number of aliphatic hydroxyl groups is 1. The Morgan fingerprint density at radius 3 is 1.98 bits per heavy atom. The number of fused-ring (bicyclic) bond motifs is 1. The van der Waals surface area contributed by atoms with Crippen molar-refractivity contribution in [3.63, 3.8) is 0 Å². The molecular formula is C32H42F6N2O3SSi. The second kappa shape index (κ2) is 11.3. The highest BCUT2D eigenvalue weighted by atomic mass is 32.2. The van der Waals surface area contributed by atoms with Gasteiger partial charge in [0.05, 0.1) is 5.60 Å². The lowest BCUT2D eigenvalue weighted by Gasteiger charge is -2.41. The minimum atomic E-state index is -6.00. The predicted molar refractivity (Wildman–Crippen MR) is 166 cm³/mol. The minimum absolute atomic E-state index is 0.0158. The van der Waals surface area contributed by atoms with Crippen molar-refractivity contribution in [3.8, 4) is 0 Å². The molecule has 2 aromatic rings. The highest BCUT2D eigenvalue weighted by Gasteiger charge is 2.71. The largest absolute Gasteiger partial charge is 0.430 e. The Kier molecular flexibility index (Phi) is 8.97. The molecule has 4 rings (SSSR count). The molecule has 2 aromatic carbocycles. The molecule has 0 aromatic heterocycles. The Balaban J connectivity index is 1.55. The highest BCUT2D eigenvalue weighted by Crippen LogP contribution is 2.52. The van der Waals surface area contributed by atoms with Crippen molar-refractivity contribution in [1.82, 2.24) is 5.32 Å². The number of rotatable bonds is 8. The molecule has 0 bridgehead atoms. The second-order valence-corrected chi connectivity index (χ2v) is 20.5. The molecule has 0 saturated heterocycles. The molecule has 45 heavy (non-hydrogen) atoms. The number of nitrogens with one attached hydrogen (secondary N) is 2. The molecule has 1 saturated carbocycles. The highest BCUT2D eigenvalue weighted by molar-refractivity contribution is 7.99. The van der Waals surface area contributed by atoms with Crippen LogP contribution in [0.2, 0.25) is 18.1 Å². The van der Waals surface area contributed by atoms with E-state index in [0.29, 0.717) is 18.7 Å². The average Bonchev–Trinajstić information content (AvgIpc) is 3.52. The smallest absolute Gasteiger partial charge is 0.410 e. The molecule has 1 aliphatic heterocycles. The van der Waals surface area contributed by atoms with Crippen molar-refractivity contribution in [2.45, 2.75) is 113 Å². The first kappa shape index (κ1) is 35.8. The molecule has 1 unspecified atom stereocenters. The zero-order valence-electron chi connectivity index (χ0n) is 26.8. The van der Waals surface area contributed by atoms with Crippen LogP contribution in [0.25, 0.3) is 0 Å². The summed E-state index contributed by atoms with van der Waals surface area (Å²) in [5, 5.41) is 15.8. The quantitative estimate of drug-likeness (QED) is 0.148. The van der Waals surface area contributed by atoms with Crippen LogP contribution < -0.4 is 10.6 Å². The van der Waals surface area contributed by atoms with Crippen molar-refractivity contribution in [1.29, 1.82) is 0 Å². The van der Waals surface area contributed by atoms with Gasteiger partial charge in [0.2, 0.25) is 5.91 Å². The predicted octanol–water partition coefficient (Wildman–Crippen LogP) is 8.63. The number of thioether (sulfide) groups is 1. The lowest BCUT2D eigenvalue weighted by molar-refractivity contribution is -0.376. The maximum absolute atomic E-state index is 13.9. The van der Waals surface area contributed by atoms with Crippen molar-refractivity contribution in [2.75, 3.05) is 11.1 Å². The Hall–Kier alpha value is -2.06. The second-order valence-electron chi connectivity index (χ2n) is 14.7. The summed E-state index contributed by atoms with van der Waals surface area (Å²) in [5.74, 6) is 0.313. The Morgan fingerprint density at radius 1 is 0.956 bits per heavy atom. The summed E-state index contributed by atoms with van der Waals surface area (Å²) in [5.41, 5.74) is -6.84. The molecule has 0 radical (unpaired) electrons. The monoisotopic (exact) mass is 676 g/mol. The van der Waals surface area contributed by atoms with E-state index in [2.05, 4.69) is 50.6 Å². The van der Waals surface area contributed by atoms with Gasteiger partial charge in [-0.15, -0.1) is 11.8 Å². The van der Waals surface area contributed by atoms with Crippen LogP contribution in [0.4, 0.5) is 32.0 Å². The van der Waals surface area contributed by atoms with Crippen LogP contribution in [0.1, 0.15) is 71.1 Å². The number of benzene rings is 2. The van der Waals surface area contributed by atoms with Crippen LogP contribution in [0.5, 0.6) is 0 Å². The van der Waals surface area contributed by atoms with E-state index < -0.39 is 48.7 Å². The first-order chi connectivity index (χ1) is 20.3. The summed E-state index contributed by atoms with van der Waals surface area (Å²) in [6, 6.07) is 8.80. The Bertz CT molecular complexity index is 1410. The van der Waals surface area contributed by atoms with E-state index in [0.717, 1.165) is 46.7 Å². The molecule has 1 atom stereocenters. The van der Waals surface area contributed by atoms with E-state index >= 15 is 0 Å². The Labute approximate surface area is 266 Å². The van der Waals surface area contributed by atoms with Gasteiger partial charge in [-0.05, 0) is 71.8 Å². The summed E-state index contributed by atoms with van der Waals surface area (Å²) in [7, 11) is -1.93. The zero-order chi connectivity index (χ0) is 34.1. The number of alkyl halides is 6. The fourth-order valence-corrected chi connectivity index (χ4v) is 8.48. The Morgan fingerprint density at radius 2 is 1.51 bits per heavy atom. The summed E-state index contributed by atoms with van der Waals surface area (Å²) < 4.78 is 86.7. The summed E-state index contributed by atoms with van der Waals surface area (Å²) >= 11 is 1.72. The maximum atomic E-state index is 13.9. The maximum Gasteiger partial charge on any atom is 0.430 e. The zero-order valence-corrected chi connectivity index (χ0v) is 28.6. The third-order valence-corrected chi connectivity index (χ3v) is 15.3. The van der Waals surface area contributed by atoms with Gasteiger partial charge in [0.25, 0.3) is 5.60 Å². The fourth-order valence-electron chi connectivity index (χ4n) is 5.54. The molecule has 5 nitrogen and oxygen atoms in total. The number of anilines is 1. The summed E-state index contributed by atoms with van der Waals surface area (Å²) in [4.78, 5) is 15.0. The molecule has 0 spiro atoms. The normalized spacial score (nSPS) is 20.6. The van der Waals surface area contributed by atoms with Gasteiger partial charge in [-0.25, -0.2) is 0 Å². The first-order valence-corrected chi connectivity index (χ1v) is 18.7. The molecular weight excluding hydrogens is 635 g/mol. The van der Waals surface area contributed by atoms with Crippen molar-refractivity contribution >= 4 is 31.7 Å². The average molecular weight is 677 g/mol. The molecule has 3 N–H and O–H groups in total. The van der Waals surface area contributed by atoms with Gasteiger partial charge in [0.15, 0.2) is 8.32 Å². The lowest BCUT2D eigenvalue weighted by Crippen LogP contribution is -2.56. The fraction of sp³-hybridized carbons (Fsp3) is 0.594. The standard InChI is InChI=1S/C32H42F6N2O3SSi/c1-26(2,3)29(25(41)40-22-11-9-21(10-12-22)30(42,31(33,34)35)32(36,37)38)24-14-13-23(17-20(24)18-39-29)44-19-28(15-16-28)43-45(7,8)27(4,5)6/h9-14,17,39,42H,15-16,18-19H2,1-8H3,(H,40,41). The van der Waals surface area contributed by atoms with Gasteiger partial charge in [0, 0.05) is 28.4 Å². The number of carbonyl (C=O) groups is 1. The molecule has 13 heteroatoms. The van der Waals surface area contributed by atoms with E-state index in [9.17, 15) is 36.2 Å². The number of carbonyl (C=O) groups excluding carboxylic acids is 1. The summed E-state index contributed by atoms with van der Waals surface area (Å²) in [6.45, 7) is 17.2. The van der Waals surface area contributed by atoms with E-state index in [4.69, 9.17) is 4.43 Å². The van der Waals surface area contributed by atoms with Gasteiger partial charge >= 0.3 is 12.4 Å². The summed E-state index contributed by atoms with van der Waals surface area (Å²) in [6.07, 6.45) is -9.95. The number of hydrogen-bond donors (Lipinski definition) is 3. The van der Waals surface area contributed by atoms with Crippen LogP contribution in [-0.2, 0) is 26.9 Å². The van der Waals surface area contributed by atoms with Gasteiger partial charge in [0.1, 0.15) is 5.54 Å². The van der Waals surface area contributed by atoms with E-state index in [-0.39, 0.29) is 16.3 Å².